The van der Waals surface area contributed by atoms with Crippen molar-refractivity contribution >= 4 is 25.6 Å². The van der Waals surface area contributed by atoms with Gasteiger partial charge in [-0.15, -0.1) is 0 Å². The number of halogens is 1. The van der Waals surface area contributed by atoms with Crippen molar-refractivity contribution in [2.45, 2.75) is 31.1 Å². The Bertz CT molecular complexity index is 623. The smallest absolute Gasteiger partial charge is 0.261 e. The highest BCUT2D eigenvalue weighted by atomic mass is 35.7. The minimum atomic E-state index is -3.83. The maximum atomic E-state index is 12.3. The van der Waals surface area contributed by atoms with Gasteiger partial charge in [0.1, 0.15) is 0 Å². The van der Waals surface area contributed by atoms with E-state index in [9.17, 15) is 13.2 Å². The Morgan fingerprint density at radius 3 is 2.55 bits per heavy atom. The number of amides is 1. The van der Waals surface area contributed by atoms with E-state index in [2.05, 4.69) is 0 Å². The quantitative estimate of drug-likeness (QED) is 0.803. The highest BCUT2D eigenvalue weighted by molar-refractivity contribution is 8.13. The minimum absolute atomic E-state index is 0.00191. The zero-order valence-corrected chi connectivity index (χ0v) is 13.2. The van der Waals surface area contributed by atoms with Gasteiger partial charge >= 0.3 is 0 Å². The van der Waals surface area contributed by atoms with E-state index in [4.69, 9.17) is 10.7 Å². The summed E-state index contributed by atoms with van der Waals surface area (Å²) in [7, 11) is 3.30. The van der Waals surface area contributed by atoms with E-state index in [-0.39, 0.29) is 10.8 Å². The lowest BCUT2D eigenvalue weighted by molar-refractivity contribution is 0.0745. The van der Waals surface area contributed by atoms with Gasteiger partial charge in [0.2, 0.25) is 0 Å². The molecule has 0 N–H and O–H groups in total. The van der Waals surface area contributed by atoms with Crippen molar-refractivity contribution in [1.82, 2.24) is 4.90 Å². The molecule has 0 aromatic heterocycles. The molecule has 2 rings (SSSR count). The number of hydrogen-bond donors (Lipinski definition) is 0. The zero-order chi connectivity index (χ0) is 14.9. The van der Waals surface area contributed by atoms with Gasteiger partial charge in [0, 0.05) is 29.8 Å². The number of rotatable bonds is 4. The second-order valence-corrected chi connectivity index (χ2v) is 7.94. The first-order chi connectivity index (χ1) is 9.29. The fraction of sp³-hybridized carbons (Fsp3) is 0.500. The van der Waals surface area contributed by atoms with Crippen LogP contribution >= 0.6 is 10.7 Å². The van der Waals surface area contributed by atoms with Crippen molar-refractivity contribution in [2.75, 3.05) is 13.6 Å². The number of aryl methyl sites for hydroxylation is 1. The average molecular weight is 316 g/mol. The highest BCUT2D eigenvalue weighted by Crippen LogP contribution is 2.27. The summed E-state index contributed by atoms with van der Waals surface area (Å²) >= 11 is 0. The third-order valence-corrected chi connectivity index (χ3v) is 5.27. The highest BCUT2D eigenvalue weighted by Gasteiger charge is 2.23. The number of hydrogen-bond acceptors (Lipinski definition) is 3. The zero-order valence-electron chi connectivity index (χ0n) is 11.6. The van der Waals surface area contributed by atoms with Gasteiger partial charge in [0.15, 0.2) is 0 Å². The molecule has 110 valence electrons. The molecule has 0 unspecified atom stereocenters. The Morgan fingerprint density at radius 1 is 1.40 bits per heavy atom. The van der Waals surface area contributed by atoms with Crippen molar-refractivity contribution in [3.8, 4) is 0 Å². The summed E-state index contributed by atoms with van der Waals surface area (Å²) in [6.45, 7) is 2.37. The second-order valence-electron chi connectivity index (χ2n) is 5.40. The van der Waals surface area contributed by atoms with Crippen molar-refractivity contribution in [2.24, 2.45) is 5.92 Å². The molecular weight excluding hydrogens is 298 g/mol. The third kappa shape index (κ3) is 3.33. The van der Waals surface area contributed by atoms with Crippen LogP contribution in [0.2, 0.25) is 0 Å². The van der Waals surface area contributed by atoms with E-state index in [0.717, 1.165) is 19.4 Å². The van der Waals surface area contributed by atoms with Crippen molar-refractivity contribution < 1.29 is 13.2 Å². The van der Waals surface area contributed by atoms with Gasteiger partial charge in [-0.2, -0.15) is 0 Å². The Labute approximate surface area is 124 Å². The Balaban J connectivity index is 2.21. The summed E-state index contributed by atoms with van der Waals surface area (Å²) in [5.74, 6) is 0.407. The predicted molar refractivity (Wildman–Crippen MR) is 78.5 cm³/mol. The van der Waals surface area contributed by atoms with Crippen LogP contribution < -0.4 is 0 Å². The van der Waals surface area contributed by atoms with Crippen molar-refractivity contribution in [1.29, 1.82) is 0 Å². The van der Waals surface area contributed by atoms with Crippen LogP contribution in [0.15, 0.2) is 23.1 Å². The molecule has 6 heteroatoms. The fourth-order valence-electron chi connectivity index (χ4n) is 2.36. The number of carbonyl (C=O) groups excluding carboxylic acids is 1. The molecule has 0 atom stereocenters. The summed E-state index contributed by atoms with van der Waals surface area (Å²) in [4.78, 5) is 14.0. The normalized spacial score (nSPS) is 15.8. The predicted octanol–water partition coefficient (Wildman–Crippen LogP) is 2.79. The largest absolute Gasteiger partial charge is 0.341 e. The van der Waals surface area contributed by atoms with Crippen LogP contribution in [0.3, 0.4) is 0 Å². The van der Waals surface area contributed by atoms with Gasteiger partial charge in [0.05, 0.1) is 4.90 Å². The van der Waals surface area contributed by atoms with Crippen LogP contribution in [0.25, 0.3) is 0 Å². The van der Waals surface area contributed by atoms with E-state index < -0.39 is 9.05 Å². The lowest BCUT2D eigenvalue weighted by Crippen LogP contribution is -2.34. The molecule has 1 aromatic carbocycles. The van der Waals surface area contributed by atoms with Gasteiger partial charge in [-0.3, -0.25) is 4.79 Å². The molecule has 4 nitrogen and oxygen atoms in total. The molecule has 1 aliphatic carbocycles. The summed E-state index contributed by atoms with van der Waals surface area (Å²) in [6.07, 6.45) is 3.55. The van der Waals surface area contributed by atoms with E-state index in [1.54, 1.807) is 31.0 Å². The van der Waals surface area contributed by atoms with E-state index in [1.165, 1.54) is 12.5 Å². The van der Waals surface area contributed by atoms with Crippen LogP contribution in [-0.4, -0.2) is 32.8 Å². The van der Waals surface area contributed by atoms with Gasteiger partial charge < -0.3 is 4.90 Å². The third-order valence-electron chi connectivity index (χ3n) is 3.80. The summed E-state index contributed by atoms with van der Waals surface area (Å²) in [5.41, 5.74) is 0.898. The molecule has 0 saturated heterocycles. The Hall–Kier alpha value is -1.07. The van der Waals surface area contributed by atoms with Crippen molar-refractivity contribution in [3.05, 3.63) is 29.3 Å². The SMILES string of the molecule is Cc1ccc(C(=O)N(C)CC2CCC2)cc1S(=O)(=O)Cl. The lowest BCUT2D eigenvalue weighted by atomic mass is 9.85. The van der Waals surface area contributed by atoms with E-state index in [1.807, 2.05) is 0 Å². The Kier molecular flexibility index (Phi) is 4.39. The molecule has 0 heterocycles. The van der Waals surface area contributed by atoms with Gasteiger partial charge in [-0.25, -0.2) is 8.42 Å². The molecule has 0 spiro atoms. The van der Waals surface area contributed by atoms with Crippen molar-refractivity contribution in [3.63, 3.8) is 0 Å². The standard InChI is InChI=1S/C14H18ClNO3S/c1-10-6-7-12(8-13(10)20(15,18)19)14(17)16(2)9-11-4-3-5-11/h6-8,11H,3-5,9H2,1-2H3. The van der Waals surface area contributed by atoms with Gasteiger partial charge in [-0.05, 0) is 43.4 Å². The first-order valence-corrected chi connectivity index (χ1v) is 8.91. The van der Waals surface area contributed by atoms with Crippen LogP contribution in [0.5, 0.6) is 0 Å². The van der Waals surface area contributed by atoms with Gasteiger partial charge in [0.25, 0.3) is 15.0 Å². The number of carbonyl (C=O) groups is 1. The molecule has 1 aromatic rings. The van der Waals surface area contributed by atoms with Crippen LogP contribution in [0.4, 0.5) is 0 Å². The van der Waals surface area contributed by atoms with Crippen LogP contribution in [0.1, 0.15) is 35.2 Å². The first kappa shape index (κ1) is 15.3. The second kappa shape index (κ2) is 5.74. The van der Waals surface area contributed by atoms with E-state index >= 15 is 0 Å². The van der Waals surface area contributed by atoms with E-state index in [0.29, 0.717) is 17.0 Å². The molecule has 1 aliphatic rings. The van der Waals surface area contributed by atoms with Gasteiger partial charge in [-0.1, -0.05) is 12.5 Å². The fourth-order valence-corrected chi connectivity index (χ4v) is 3.58. The lowest BCUT2D eigenvalue weighted by Gasteiger charge is -2.30. The Morgan fingerprint density at radius 2 is 2.05 bits per heavy atom. The number of benzene rings is 1. The molecule has 0 bridgehead atoms. The summed E-state index contributed by atoms with van der Waals surface area (Å²) in [5, 5.41) is 0. The molecule has 1 amide bonds. The van der Waals surface area contributed by atoms with Crippen LogP contribution in [0, 0.1) is 12.8 Å². The summed E-state index contributed by atoms with van der Waals surface area (Å²) in [6, 6.07) is 4.61. The van der Waals surface area contributed by atoms with Crippen LogP contribution in [-0.2, 0) is 9.05 Å². The molecule has 1 fully saturated rings. The molecule has 0 radical (unpaired) electrons. The molecule has 1 saturated carbocycles. The topological polar surface area (TPSA) is 54.5 Å². The monoisotopic (exact) mass is 315 g/mol. The molecule has 20 heavy (non-hydrogen) atoms. The average Bonchev–Trinajstić information content (AvgIpc) is 2.31. The molecule has 0 aliphatic heterocycles. The maximum absolute atomic E-state index is 12.3. The minimum Gasteiger partial charge on any atom is -0.341 e. The summed E-state index contributed by atoms with van der Waals surface area (Å²) < 4.78 is 22.9. The number of nitrogens with zero attached hydrogens (tertiary/aromatic N) is 1. The molecular formula is C14H18ClNO3S. The maximum Gasteiger partial charge on any atom is 0.261 e. The first-order valence-electron chi connectivity index (χ1n) is 6.60.